The molecule has 21 heavy (non-hydrogen) atoms. The van der Waals surface area contributed by atoms with E-state index >= 15 is 0 Å². The van der Waals surface area contributed by atoms with Gasteiger partial charge in [-0.15, -0.1) is 0 Å². The summed E-state index contributed by atoms with van der Waals surface area (Å²) in [5.41, 5.74) is 0.669. The van der Waals surface area contributed by atoms with Gasteiger partial charge in [-0.1, -0.05) is 0 Å². The number of aryl methyl sites for hydroxylation is 1. The third-order valence-electron chi connectivity index (χ3n) is 4.18. The molecule has 0 bridgehead atoms. The van der Waals surface area contributed by atoms with Crippen LogP contribution in [0.4, 0.5) is 0 Å². The predicted octanol–water partition coefficient (Wildman–Crippen LogP) is 0.603. The molecule has 6 heteroatoms. The van der Waals surface area contributed by atoms with Crippen LogP contribution in [0.15, 0.2) is 12.4 Å². The molecule has 1 aromatic heterocycles. The molecule has 2 fully saturated rings. The highest BCUT2D eigenvalue weighted by atomic mass is 16.5. The lowest BCUT2D eigenvalue weighted by molar-refractivity contribution is -0.0331. The van der Waals surface area contributed by atoms with Crippen molar-refractivity contribution < 1.29 is 9.53 Å². The van der Waals surface area contributed by atoms with E-state index < -0.39 is 0 Å². The van der Waals surface area contributed by atoms with Crippen molar-refractivity contribution in [3.05, 3.63) is 18.0 Å². The first-order valence-electron chi connectivity index (χ1n) is 7.70. The summed E-state index contributed by atoms with van der Waals surface area (Å²) in [5.74, 6) is 0.749. The SMILES string of the molecule is CN1CCO[C@@H](CN(CC2CC2)C(=O)c2cnn(C)c2)C1. The van der Waals surface area contributed by atoms with Gasteiger partial charge in [0.05, 0.1) is 24.5 Å². The lowest BCUT2D eigenvalue weighted by Crippen LogP contribution is -2.48. The van der Waals surface area contributed by atoms with Crippen molar-refractivity contribution in [2.75, 3.05) is 39.8 Å². The van der Waals surface area contributed by atoms with Gasteiger partial charge in [-0.25, -0.2) is 0 Å². The third kappa shape index (κ3) is 3.83. The molecule has 1 saturated carbocycles. The van der Waals surface area contributed by atoms with Crippen LogP contribution in [0.2, 0.25) is 0 Å². The Balaban J connectivity index is 1.66. The Morgan fingerprint density at radius 2 is 2.24 bits per heavy atom. The number of hydrogen-bond acceptors (Lipinski definition) is 4. The quantitative estimate of drug-likeness (QED) is 0.797. The highest BCUT2D eigenvalue weighted by Crippen LogP contribution is 2.30. The molecule has 0 radical (unpaired) electrons. The normalized spacial score (nSPS) is 23.2. The second kappa shape index (κ2) is 6.15. The number of morpholine rings is 1. The topological polar surface area (TPSA) is 50.6 Å². The van der Waals surface area contributed by atoms with E-state index in [1.165, 1.54) is 12.8 Å². The number of ether oxygens (including phenoxy) is 1. The highest BCUT2D eigenvalue weighted by molar-refractivity contribution is 5.93. The lowest BCUT2D eigenvalue weighted by Gasteiger charge is -2.34. The maximum Gasteiger partial charge on any atom is 0.257 e. The van der Waals surface area contributed by atoms with Gasteiger partial charge in [-0.3, -0.25) is 9.48 Å². The summed E-state index contributed by atoms with van der Waals surface area (Å²) in [7, 11) is 3.94. The molecule has 0 N–H and O–H groups in total. The van der Waals surface area contributed by atoms with E-state index in [0.29, 0.717) is 18.0 Å². The molecule has 1 amide bonds. The molecular weight excluding hydrogens is 268 g/mol. The van der Waals surface area contributed by atoms with Gasteiger partial charge in [0, 0.05) is 39.4 Å². The first-order chi connectivity index (χ1) is 10.1. The van der Waals surface area contributed by atoms with Crippen LogP contribution in [0.3, 0.4) is 0 Å². The minimum Gasteiger partial charge on any atom is -0.374 e. The molecule has 1 atom stereocenters. The Labute approximate surface area is 125 Å². The number of amides is 1. The standard InChI is InChI=1S/C15H24N4O2/c1-17-5-6-21-14(10-17)11-19(8-12-3-4-12)15(20)13-7-16-18(2)9-13/h7,9,12,14H,3-6,8,10-11H2,1-2H3/t14-/m1/s1. The number of hydrogen-bond donors (Lipinski definition) is 0. The van der Waals surface area contributed by atoms with Crippen LogP contribution >= 0.6 is 0 Å². The molecule has 0 aromatic carbocycles. The van der Waals surface area contributed by atoms with E-state index in [9.17, 15) is 4.79 Å². The van der Waals surface area contributed by atoms with Gasteiger partial charge in [0.25, 0.3) is 5.91 Å². The molecule has 0 spiro atoms. The molecule has 0 unspecified atom stereocenters. The maximum absolute atomic E-state index is 12.7. The van der Waals surface area contributed by atoms with E-state index in [1.54, 1.807) is 17.1 Å². The molecule has 1 aromatic rings. The predicted molar refractivity (Wildman–Crippen MR) is 79.1 cm³/mol. The fraction of sp³-hybridized carbons (Fsp3) is 0.733. The Bertz CT molecular complexity index is 498. The van der Waals surface area contributed by atoms with Gasteiger partial charge in [0.15, 0.2) is 0 Å². The van der Waals surface area contributed by atoms with Crippen LogP contribution in [0, 0.1) is 5.92 Å². The summed E-state index contributed by atoms with van der Waals surface area (Å²) in [4.78, 5) is 16.9. The molecule has 1 aliphatic carbocycles. The van der Waals surface area contributed by atoms with Gasteiger partial charge in [0.1, 0.15) is 0 Å². The van der Waals surface area contributed by atoms with Gasteiger partial charge in [0.2, 0.25) is 0 Å². The largest absolute Gasteiger partial charge is 0.374 e. The number of rotatable bonds is 5. The molecule has 6 nitrogen and oxygen atoms in total. The Hall–Kier alpha value is -1.40. The zero-order chi connectivity index (χ0) is 14.8. The highest BCUT2D eigenvalue weighted by Gasteiger charge is 2.30. The van der Waals surface area contributed by atoms with Crippen molar-refractivity contribution in [2.45, 2.75) is 18.9 Å². The number of aromatic nitrogens is 2. The summed E-state index contributed by atoms with van der Waals surface area (Å²) >= 11 is 0. The Morgan fingerprint density at radius 1 is 1.43 bits per heavy atom. The molecule has 1 saturated heterocycles. The molecule has 3 rings (SSSR count). The first kappa shape index (κ1) is 14.5. The van der Waals surface area contributed by atoms with E-state index in [1.807, 2.05) is 11.9 Å². The van der Waals surface area contributed by atoms with Crippen LogP contribution in [0.25, 0.3) is 0 Å². The van der Waals surface area contributed by atoms with Crippen molar-refractivity contribution in [2.24, 2.45) is 13.0 Å². The van der Waals surface area contributed by atoms with Crippen LogP contribution in [0.5, 0.6) is 0 Å². The van der Waals surface area contributed by atoms with Crippen LogP contribution in [-0.4, -0.2) is 71.4 Å². The summed E-state index contributed by atoms with van der Waals surface area (Å²) in [6.45, 7) is 4.13. The minimum atomic E-state index is 0.0758. The maximum atomic E-state index is 12.7. The average molecular weight is 292 g/mol. The molecule has 2 heterocycles. The van der Waals surface area contributed by atoms with Gasteiger partial charge in [-0.05, 0) is 25.8 Å². The number of nitrogens with zero attached hydrogens (tertiary/aromatic N) is 4. The van der Waals surface area contributed by atoms with E-state index in [-0.39, 0.29) is 12.0 Å². The second-order valence-electron chi connectivity index (χ2n) is 6.31. The number of carbonyl (C=O) groups excluding carboxylic acids is 1. The zero-order valence-electron chi connectivity index (χ0n) is 12.9. The van der Waals surface area contributed by atoms with Crippen molar-refractivity contribution in [1.82, 2.24) is 19.6 Å². The Morgan fingerprint density at radius 3 is 2.86 bits per heavy atom. The fourth-order valence-electron chi connectivity index (χ4n) is 2.79. The third-order valence-corrected chi connectivity index (χ3v) is 4.18. The smallest absolute Gasteiger partial charge is 0.257 e. The van der Waals surface area contributed by atoms with Crippen LogP contribution in [-0.2, 0) is 11.8 Å². The molecular formula is C15H24N4O2. The Kier molecular flexibility index (Phi) is 4.26. The lowest BCUT2D eigenvalue weighted by atomic mass is 10.2. The van der Waals surface area contributed by atoms with Crippen molar-refractivity contribution in [1.29, 1.82) is 0 Å². The molecule has 116 valence electrons. The van der Waals surface area contributed by atoms with Gasteiger partial charge >= 0.3 is 0 Å². The van der Waals surface area contributed by atoms with E-state index in [2.05, 4.69) is 17.0 Å². The number of likely N-dealkylation sites (N-methyl/N-ethyl adjacent to an activating group) is 1. The van der Waals surface area contributed by atoms with Crippen molar-refractivity contribution in [3.63, 3.8) is 0 Å². The van der Waals surface area contributed by atoms with Crippen molar-refractivity contribution >= 4 is 5.91 Å². The van der Waals surface area contributed by atoms with Crippen LogP contribution < -0.4 is 0 Å². The van der Waals surface area contributed by atoms with Gasteiger partial charge in [-0.2, -0.15) is 5.10 Å². The number of carbonyl (C=O) groups is 1. The van der Waals surface area contributed by atoms with Crippen molar-refractivity contribution in [3.8, 4) is 0 Å². The average Bonchev–Trinajstić information content (AvgIpc) is 3.16. The zero-order valence-corrected chi connectivity index (χ0v) is 12.9. The molecule has 2 aliphatic rings. The van der Waals surface area contributed by atoms with Crippen LogP contribution in [0.1, 0.15) is 23.2 Å². The first-order valence-corrected chi connectivity index (χ1v) is 7.70. The summed E-state index contributed by atoms with van der Waals surface area (Å²) in [6.07, 6.45) is 6.03. The summed E-state index contributed by atoms with van der Waals surface area (Å²) < 4.78 is 7.49. The van der Waals surface area contributed by atoms with E-state index in [0.717, 1.165) is 26.2 Å². The summed E-state index contributed by atoms with van der Waals surface area (Å²) in [5, 5.41) is 4.10. The summed E-state index contributed by atoms with van der Waals surface area (Å²) in [6, 6.07) is 0. The van der Waals surface area contributed by atoms with E-state index in [4.69, 9.17) is 4.74 Å². The molecule has 1 aliphatic heterocycles. The fourth-order valence-corrected chi connectivity index (χ4v) is 2.79. The minimum absolute atomic E-state index is 0.0758. The second-order valence-corrected chi connectivity index (χ2v) is 6.31. The van der Waals surface area contributed by atoms with Gasteiger partial charge < -0.3 is 14.5 Å². The monoisotopic (exact) mass is 292 g/mol.